The standard InChI is InChI=1S/C10H16N4O3S/c1-10(2)4-3-7(17-10)6-18-9-11-12-13-14(9)5-8(15)16/h7H,3-6H2,1-2H3,(H,15,16). The summed E-state index contributed by atoms with van der Waals surface area (Å²) in [6.07, 6.45) is 2.23. The summed E-state index contributed by atoms with van der Waals surface area (Å²) in [5.74, 6) is -0.217. The Hall–Kier alpha value is -1.15. The first-order chi connectivity index (χ1) is 8.46. The molecule has 0 amide bonds. The van der Waals surface area contributed by atoms with Crippen molar-refractivity contribution in [3.05, 3.63) is 0 Å². The second-order valence-corrected chi connectivity index (χ2v) is 5.85. The molecule has 100 valence electrons. The van der Waals surface area contributed by atoms with Gasteiger partial charge in [0.25, 0.3) is 0 Å². The average Bonchev–Trinajstić information content (AvgIpc) is 2.81. The van der Waals surface area contributed by atoms with Crippen molar-refractivity contribution in [3.8, 4) is 0 Å². The van der Waals surface area contributed by atoms with Crippen molar-refractivity contribution < 1.29 is 14.6 Å². The third-order valence-electron chi connectivity index (χ3n) is 2.74. The average molecular weight is 272 g/mol. The van der Waals surface area contributed by atoms with E-state index in [0.717, 1.165) is 18.6 Å². The molecule has 7 nitrogen and oxygen atoms in total. The number of tetrazole rings is 1. The van der Waals surface area contributed by atoms with Crippen LogP contribution in [0.5, 0.6) is 0 Å². The van der Waals surface area contributed by atoms with E-state index in [1.54, 1.807) is 0 Å². The quantitative estimate of drug-likeness (QED) is 0.793. The van der Waals surface area contributed by atoms with E-state index < -0.39 is 5.97 Å². The molecule has 0 aliphatic carbocycles. The van der Waals surface area contributed by atoms with Crippen LogP contribution in [0.25, 0.3) is 0 Å². The number of aliphatic carboxylic acids is 1. The van der Waals surface area contributed by atoms with Crippen LogP contribution in [0.15, 0.2) is 5.16 Å². The van der Waals surface area contributed by atoms with Gasteiger partial charge in [-0.1, -0.05) is 11.8 Å². The molecule has 1 unspecified atom stereocenters. The lowest BCUT2D eigenvalue weighted by Gasteiger charge is -2.18. The van der Waals surface area contributed by atoms with Gasteiger partial charge in [-0.05, 0) is 37.1 Å². The molecule has 8 heteroatoms. The zero-order valence-electron chi connectivity index (χ0n) is 10.4. The molecule has 2 heterocycles. The lowest BCUT2D eigenvalue weighted by Crippen LogP contribution is -2.21. The normalized spacial score (nSPS) is 22.2. The first-order valence-electron chi connectivity index (χ1n) is 5.75. The lowest BCUT2D eigenvalue weighted by atomic mass is 10.1. The number of aromatic nitrogens is 4. The van der Waals surface area contributed by atoms with E-state index in [1.165, 1.54) is 16.4 Å². The van der Waals surface area contributed by atoms with Gasteiger partial charge in [-0.2, -0.15) is 0 Å². The minimum Gasteiger partial charge on any atom is -0.480 e. The molecule has 1 aliphatic rings. The van der Waals surface area contributed by atoms with Crippen LogP contribution in [0.1, 0.15) is 26.7 Å². The Morgan fingerprint density at radius 3 is 3.06 bits per heavy atom. The van der Waals surface area contributed by atoms with Crippen LogP contribution >= 0.6 is 11.8 Å². The van der Waals surface area contributed by atoms with Gasteiger partial charge in [0.1, 0.15) is 6.54 Å². The van der Waals surface area contributed by atoms with Crippen LogP contribution in [0.3, 0.4) is 0 Å². The van der Waals surface area contributed by atoms with Crippen molar-refractivity contribution in [1.29, 1.82) is 0 Å². The second-order valence-electron chi connectivity index (χ2n) is 4.86. The van der Waals surface area contributed by atoms with Crippen LogP contribution in [-0.2, 0) is 16.1 Å². The number of hydrogen-bond donors (Lipinski definition) is 1. The zero-order valence-corrected chi connectivity index (χ0v) is 11.2. The predicted octanol–water partition coefficient (Wildman–Crippen LogP) is 0.807. The Balaban J connectivity index is 1.87. The highest BCUT2D eigenvalue weighted by molar-refractivity contribution is 7.99. The molecule has 18 heavy (non-hydrogen) atoms. The summed E-state index contributed by atoms with van der Waals surface area (Å²) in [6, 6.07) is 0. The van der Waals surface area contributed by atoms with Gasteiger partial charge in [0, 0.05) is 5.75 Å². The van der Waals surface area contributed by atoms with Crippen molar-refractivity contribution in [2.45, 2.75) is 50.1 Å². The van der Waals surface area contributed by atoms with Crippen LogP contribution in [0, 0.1) is 0 Å². The van der Waals surface area contributed by atoms with Gasteiger partial charge in [0.2, 0.25) is 5.16 Å². The lowest BCUT2D eigenvalue weighted by molar-refractivity contribution is -0.138. The summed E-state index contributed by atoms with van der Waals surface area (Å²) in [4.78, 5) is 10.6. The fraction of sp³-hybridized carbons (Fsp3) is 0.800. The number of carbonyl (C=O) groups is 1. The van der Waals surface area contributed by atoms with Crippen LogP contribution in [0.4, 0.5) is 0 Å². The Kier molecular flexibility index (Phi) is 3.86. The third-order valence-corrected chi connectivity index (χ3v) is 3.83. The summed E-state index contributed by atoms with van der Waals surface area (Å²) in [5.41, 5.74) is -0.0573. The largest absolute Gasteiger partial charge is 0.480 e. The minimum absolute atomic E-state index is 0.0573. The van der Waals surface area contributed by atoms with E-state index in [9.17, 15) is 4.79 Å². The molecule has 1 fully saturated rings. The van der Waals surface area contributed by atoms with Crippen LogP contribution in [0.2, 0.25) is 0 Å². The maximum atomic E-state index is 10.6. The van der Waals surface area contributed by atoms with E-state index in [1.807, 2.05) is 0 Å². The highest BCUT2D eigenvalue weighted by Crippen LogP contribution is 2.32. The Bertz CT molecular complexity index is 435. The molecule has 0 saturated carbocycles. The molecule has 1 aliphatic heterocycles. The maximum absolute atomic E-state index is 10.6. The van der Waals surface area contributed by atoms with Crippen molar-refractivity contribution >= 4 is 17.7 Å². The first-order valence-corrected chi connectivity index (χ1v) is 6.73. The molecule has 0 aromatic carbocycles. The SMILES string of the molecule is CC1(C)CCC(CSc2nnnn2CC(=O)O)O1. The van der Waals surface area contributed by atoms with Crippen molar-refractivity contribution in [3.63, 3.8) is 0 Å². The van der Waals surface area contributed by atoms with E-state index in [4.69, 9.17) is 9.84 Å². The van der Waals surface area contributed by atoms with Gasteiger partial charge in [0.05, 0.1) is 11.7 Å². The number of nitrogens with zero attached hydrogens (tertiary/aromatic N) is 4. The molecule has 1 saturated heterocycles. The molecule has 1 aromatic rings. The van der Waals surface area contributed by atoms with E-state index >= 15 is 0 Å². The number of hydrogen-bond acceptors (Lipinski definition) is 6. The van der Waals surface area contributed by atoms with Gasteiger partial charge in [-0.25, -0.2) is 4.68 Å². The molecule has 1 aromatic heterocycles. The predicted molar refractivity (Wildman–Crippen MR) is 64.4 cm³/mol. The van der Waals surface area contributed by atoms with Crippen LogP contribution in [-0.4, -0.2) is 48.7 Å². The molecule has 1 N–H and O–H groups in total. The smallest absolute Gasteiger partial charge is 0.325 e. The monoisotopic (exact) mass is 272 g/mol. The van der Waals surface area contributed by atoms with Crippen molar-refractivity contribution in [2.24, 2.45) is 0 Å². The Morgan fingerprint density at radius 1 is 1.67 bits per heavy atom. The molecule has 0 bridgehead atoms. The van der Waals surface area contributed by atoms with Gasteiger partial charge in [-0.15, -0.1) is 5.10 Å². The summed E-state index contributed by atoms with van der Waals surface area (Å²) >= 11 is 1.43. The van der Waals surface area contributed by atoms with Crippen LogP contribution < -0.4 is 0 Å². The second kappa shape index (κ2) is 5.23. The molecule has 2 rings (SSSR count). The highest BCUT2D eigenvalue weighted by Gasteiger charge is 2.31. The maximum Gasteiger partial charge on any atom is 0.325 e. The van der Waals surface area contributed by atoms with Gasteiger partial charge < -0.3 is 9.84 Å². The van der Waals surface area contributed by atoms with Gasteiger partial charge in [-0.3, -0.25) is 4.79 Å². The Morgan fingerprint density at radius 2 is 2.44 bits per heavy atom. The Labute approximate surface area is 109 Å². The summed E-state index contributed by atoms with van der Waals surface area (Å²) in [5, 5.41) is 20.2. The van der Waals surface area contributed by atoms with E-state index in [0.29, 0.717) is 5.16 Å². The number of thioether (sulfide) groups is 1. The van der Waals surface area contributed by atoms with E-state index in [2.05, 4.69) is 29.4 Å². The third kappa shape index (κ3) is 3.42. The highest BCUT2D eigenvalue weighted by atomic mass is 32.2. The number of carboxylic acids is 1. The molecular weight excluding hydrogens is 256 g/mol. The fourth-order valence-electron chi connectivity index (χ4n) is 1.89. The fourth-order valence-corrected chi connectivity index (χ4v) is 2.80. The number of carboxylic acid groups (broad SMARTS) is 1. The van der Waals surface area contributed by atoms with Gasteiger partial charge >= 0.3 is 5.97 Å². The van der Waals surface area contributed by atoms with Crippen molar-refractivity contribution in [2.75, 3.05) is 5.75 Å². The minimum atomic E-state index is -0.956. The number of rotatable bonds is 5. The first kappa shape index (κ1) is 13.3. The zero-order chi connectivity index (χ0) is 13.2. The summed E-state index contributed by atoms with van der Waals surface area (Å²) in [6.45, 7) is 3.94. The summed E-state index contributed by atoms with van der Waals surface area (Å²) < 4.78 is 7.14. The van der Waals surface area contributed by atoms with Gasteiger partial charge in [0.15, 0.2) is 0 Å². The van der Waals surface area contributed by atoms with E-state index in [-0.39, 0.29) is 18.2 Å². The molecular formula is C10H16N4O3S. The molecule has 0 radical (unpaired) electrons. The van der Waals surface area contributed by atoms with Crippen molar-refractivity contribution in [1.82, 2.24) is 20.2 Å². The summed E-state index contributed by atoms with van der Waals surface area (Å²) in [7, 11) is 0. The number of ether oxygens (including phenoxy) is 1. The molecule has 1 atom stereocenters. The molecule has 0 spiro atoms. The topological polar surface area (TPSA) is 90.1 Å².